The summed E-state index contributed by atoms with van der Waals surface area (Å²) < 4.78 is 17.4. The van der Waals surface area contributed by atoms with E-state index in [2.05, 4.69) is 5.32 Å². The highest BCUT2D eigenvalue weighted by atomic mass is 16.6. The number of benzene rings is 4. The van der Waals surface area contributed by atoms with Gasteiger partial charge >= 0.3 is 0 Å². The average Bonchev–Trinajstić information content (AvgIpc) is 3.37. The molecule has 0 saturated carbocycles. The van der Waals surface area contributed by atoms with Crippen LogP contribution in [0.3, 0.4) is 0 Å². The van der Waals surface area contributed by atoms with Crippen LogP contribution in [0.1, 0.15) is 21.9 Å². The molecule has 0 atom stereocenters. The van der Waals surface area contributed by atoms with Crippen molar-refractivity contribution in [3.05, 3.63) is 124 Å². The number of nitro groups is 1. The Labute approximate surface area is 212 Å². The molecule has 5 rings (SSSR count). The molecule has 0 radical (unpaired) electrons. The zero-order valence-corrected chi connectivity index (χ0v) is 19.8. The van der Waals surface area contributed by atoms with Crippen molar-refractivity contribution in [2.75, 3.05) is 5.32 Å². The zero-order chi connectivity index (χ0) is 25.8. The van der Waals surface area contributed by atoms with Crippen LogP contribution in [0.4, 0.5) is 11.4 Å². The number of carbonyl (C=O) groups excluding carboxylic acids is 1. The molecule has 4 aromatic carbocycles. The van der Waals surface area contributed by atoms with Gasteiger partial charge in [0, 0.05) is 17.5 Å². The lowest BCUT2D eigenvalue weighted by Crippen LogP contribution is -2.11. The zero-order valence-electron chi connectivity index (χ0n) is 19.8. The Morgan fingerprint density at radius 1 is 0.919 bits per heavy atom. The molecule has 8 heteroatoms. The van der Waals surface area contributed by atoms with Crippen molar-refractivity contribution in [3.8, 4) is 17.2 Å². The van der Waals surface area contributed by atoms with Crippen LogP contribution in [0.5, 0.6) is 17.2 Å². The molecule has 1 amide bonds. The van der Waals surface area contributed by atoms with Crippen molar-refractivity contribution < 1.29 is 23.6 Å². The van der Waals surface area contributed by atoms with E-state index in [0.717, 1.165) is 16.3 Å². The molecule has 1 heterocycles. The van der Waals surface area contributed by atoms with Gasteiger partial charge in [0.15, 0.2) is 5.76 Å². The van der Waals surface area contributed by atoms with Crippen LogP contribution in [0, 0.1) is 17.0 Å². The summed E-state index contributed by atoms with van der Waals surface area (Å²) in [5.41, 5.74) is 0.963. The highest BCUT2D eigenvalue weighted by Gasteiger charge is 2.16. The number of amides is 1. The number of nitrogens with zero attached hydrogens (tertiary/aromatic N) is 1. The van der Waals surface area contributed by atoms with Gasteiger partial charge in [0.25, 0.3) is 11.6 Å². The highest BCUT2D eigenvalue weighted by molar-refractivity contribution is 6.02. The number of ether oxygens (including phenoxy) is 2. The molecular weight excluding hydrogens is 472 g/mol. The largest absolute Gasteiger partial charge is 0.485 e. The second-order valence-electron chi connectivity index (χ2n) is 8.38. The summed E-state index contributed by atoms with van der Waals surface area (Å²) in [4.78, 5) is 23.7. The third-order valence-electron chi connectivity index (χ3n) is 5.59. The Bertz CT molecular complexity index is 1600. The standard InChI is InChI=1S/C29H22N2O6/c1-19-6-4-9-23(14-19)36-25-16-21(15-22(17-25)31(33)34)30-29(32)28-13-12-24(37-28)18-35-27-11-5-8-20-7-2-3-10-26(20)27/h2-17H,18H2,1H3,(H,30,32). The second-order valence-corrected chi connectivity index (χ2v) is 8.38. The number of furan rings is 1. The van der Waals surface area contributed by atoms with Gasteiger partial charge in [-0.1, -0.05) is 48.5 Å². The molecule has 0 aliphatic rings. The first-order valence-corrected chi connectivity index (χ1v) is 11.5. The first-order chi connectivity index (χ1) is 17.9. The Balaban J connectivity index is 1.29. The van der Waals surface area contributed by atoms with Crippen LogP contribution in [0.2, 0.25) is 0 Å². The first-order valence-electron chi connectivity index (χ1n) is 11.5. The minimum atomic E-state index is -0.557. The Morgan fingerprint density at radius 3 is 2.57 bits per heavy atom. The molecule has 184 valence electrons. The maximum absolute atomic E-state index is 12.8. The van der Waals surface area contributed by atoms with E-state index >= 15 is 0 Å². The third kappa shape index (κ3) is 5.59. The summed E-state index contributed by atoms with van der Waals surface area (Å²) in [5.74, 6) is 1.40. The van der Waals surface area contributed by atoms with E-state index in [1.807, 2.05) is 67.6 Å². The molecule has 0 unspecified atom stereocenters. The fourth-order valence-electron chi connectivity index (χ4n) is 3.88. The lowest BCUT2D eigenvalue weighted by atomic mass is 10.1. The van der Waals surface area contributed by atoms with Gasteiger partial charge in [0.2, 0.25) is 0 Å². The van der Waals surface area contributed by atoms with Gasteiger partial charge in [-0.3, -0.25) is 14.9 Å². The van der Waals surface area contributed by atoms with E-state index in [1.165, 1.54) is 24.3 Å². The topological polar surface area (TPSA) is 104 Å². The number of hydrogen-bond donors (Lipinski definition) is 1. The third-order valence-corrected chi connectivity index (χ3v) is 5.59. The summed E-state index contributed by atoms with van der Waals surface area (Å²) in [7, 11) is 0. The van der Waals surface area contributed by atoms with Gasteiger partial charge < -0.3 is 19.2 Å². The number of anilines is 1. The summed E-state index contributed by atoms with van der Waals surface area (Å²) in [6.45, 7) is 2.04. The van der Waals surface area contributed by atoms with Gasteiger partial charge in [-0.25, -0.2) is 0 Å². The molecule has 1 N–H and O–H groups in total. The van der Waals surface area contributed by atoms with Crippen LogP contribution in [0.25, 0.3) is 10.8 Å². The first kappa shape index (κ1) is 23.6. The van der Waals surface area contributed by atoms with E-state index in [0.29, 0.717) is 17.3 Å². The minimum Gasteiger partial charge on any atom is -0.485 e. The Kier molecular flexibility index (Phi) is 6.54. The molecule has 0 saturated heterocycles. The van der Waals surface area contributed by atoms with Crippen LogP contribution < -0.4 is 14.8 Å². The number of aryl methyl sites for hydroxylation is 1. The maximum Gasteiger partial charge on any atom is 0.291 e. The maximum atomic E-state index is 12.8. The Morgan fingerprint density at radius 2 is 1.73 bits per heavy atom. The van der Waals surface area contributed by atoms with Crippen molar-refractivity contribution in [3.63, 3.8) is 0 Å². The molecule has 0 aliphatic carbocycles. The highest BCUT2D eigenvalue weighted by Crippen LogP contribution is 2.31. The number of nitro benzene ring substituents is 1. The van der Waals surface area contributed by atoms with E-state index in [9.17, 15) is 14.9 Å². The van der Waals surface area contributed by atoms with Gasteiger partial charge in [-0.2, -0.15) is 0 Å². The van der Waals surface area contributed by atoms with Crippen molar-refractivity contribution in [2.24, 2.45) is 0 Å². The summed E-state index contributed by atoms with van der Waals surface area (Å²) >= 11 is 0. The summed E-state index contributed by atoms with van der Waals surface area (Å²) in [6.07, 6.45) is 0. The molecule has 8 nitrogen and oxygen atoms in total. The SMILES string of the molecule is Cc1cccc(Oc2cc(NC(=O)c3ccc(COc4cccc5ccccc45)o3)cc([N+](=O)[O-])c2)c1. The smallest absolute Gasteiger partial charge is 0.291 e. The van der Waals surface area contributed by atoms with E-state index in [1.54, 1.807) is 12.1 Å². The van der Waals surface area contributed by atoms with E-state index < -0.39 is 10.8 Å². The number of carbonyl (C=O) groups is 1. The van der Waals surface area contributed by atoms with Crippen LogP contribution in [-0.4, -0.2) is 10.8 Å². The monoisotopic (exact) mass is 494 g/mol. The van der Waals surface area contributed by atoms with Gasteiger partial charge in [0.1, 0.15) is 29.6 Å². The number of fused-ring (bicyclic) bond motifs is 1. The minimum absolute atomic E-state index is 0.0455. The molecular formula is C29H22N2O6. The van der Waals surface area contributed by atoms with E-state index in [4.69, 9.17) is 13.9 Å². The lowest BCUT2D eigenvalue weighted by Gasteiger charge is -2.09. The van der Waals surface area contributed by atoms with Crippen LogP contribution >= 0.6 is 0 Å². The molecule has 0 bridgehead atoms. The molecule has 0 spiro atoms. The summed E-state index contributed by atoms with van der Waals surface area (Å²) in [6, 6.07) is 28.2. The van der Waals surface area contributed by atoms with Gasteiger partial charge in [-0.15, -0.1) is 0 Å². The summed E-state index contributed by atoms with van der Waals surface area (Å²) in [5, 5.41) is 16.1. The lowest BCUT2D eigenvalue weighted by molar-refractivity contribution is -0.384. The second kappa shape index (κ2) is 10.2. The molecule has 37 heavy (non-hydrogen) atoms. The molecule has 0 aliphatic heterocycles. The predicted molar refractivity (Wildman–Crippen MR) is 139 cm³/mol. The average molecular weight is 495 g/mol. The van der Waals surface area contributed by atoms with Gasteiger partial charge in [0.05, 0.1) is 16.7 Å². The van der Waals surface area contributed by atoms with Crippen molar-refractivity contribution >= 4 is 28.1 Å². The Hall–Kier alpha value is -5.11. The number of non-ortho nitro benzene ring substituents is 1. The normalized spacial score (nSPS) is 10.7. The predicted octanol–water partition coefficient (Wildman–Crippen LogP) is 7.27. The quantitative estimate of drug-likeness (QED) is 0.180. The fraction of sp³-hybridized carbons (Fsp3) is 0.0690. The van der Waals surface area contributed by atoms with E-state index in [-0.39, 0.29) is 29.5 Å². The van der Waals surface area contributed by atoms with Crippen LogP contribution in [0.15, 0.2) is 101 Å². The van der Waals surface area contributed by atoms with Gasteiger partial charge in [-0.05, 0) is 48.2 Å². The van der Waals surface area contributed by atoms with Crippen LogP contribution in [-0.2, 0) is 6.61 Å². The fourth-order valence-corrected chi connectivity index (χ4v) is 3.88. The number of rotatable bonds is 8. The molecule has 1 aromatic heterocycles. The van der Waals surface area contributed by atoms with Crippen molar-refractivity contribution in [1.82, 2.24) is 0 Å². The molecule has 5 aromatic rings. The number of hydrogen-bond acceptors (Lipinski definition) is 6. The molecule has 0 fully saturated rings. The van der Waals surface area contributed by atoms with Crippen molar-refractivity contribution in [1.29, 1.82) is 0 Å². The van der Waals surface area contributed by atoms with Crippen molar-refractivity contribution in [2.45, 2.75) is 13.5 Å². The number of nitrogens with one attached hydrogen (secondary N) is 1.